The third-order valence-corrected chi connectivity index (χ3v) is 3.33. The molecule has 2 aromatic rings. The van der Waals surface area contributed by atoms with Crippen molar-refractivity contribution in [1.29, 1.82) is 0 Å². The van der Waals surface area contributed by atoms with Crippen LogP contribution in [0.25, 0.3) is 0 Å². The van der Waals surface area contributed by atoms with Crippen molar-refractivity contribution in [2.75, 3.05) is 6.54 Å². The Morgan fingerprint density at radius 1 is 1.24 bits per heavy atom. The highest BCUT2D eigenvalue weighted by Crippen LogP contribution is 2.20. The molecule has 1 aliphatic heterocycles. The molecule has 0 bridgehead atoms. The minimum Gasteiger partial charge on any atom is -0.439 e. The maximum absolute atomic E-state index is 11.6. The summed E-state index contributed by atoms with van der Waals surface area (Å²) in [6, 6.07) is 13.1. The summed E-state index contributed by atoms with van der Waals surface area (Å²) in [5.74, 6) is 1.22. The number of aliphatic hydroxyl groups excluding tert-OH is 1. The summed E-state index contributed by atoms with van der Waals surface area (Å²) in [7, 11) is 0. The van der Waals surface area contributed by atoms with Gasteiger partial charge in [0.15, 0.2) is 0 Å². The maximum atomic E-state index is 11.6. The summed E-state index contributed by atoms with van der Waals surface area (Å²) in [4.78, 5) is 17.5. The van der Waals surface area contributed by atoms with E-state index < -0.39 is 6.10 Å². The first-order valence-corrected chi connectivity index (χ1v) is 6.84. The van der Waals surface area contributed by atoms with Gasteiger partial charge in [0.1, 0.15) is 5.75 Å². The molecule has 5 heteroatoms. The van der Waals surface area contributed by atoms with Crippen LogP contribution in [-0.2, 0) is 11.3 Å². The van der Waals surface area contributed by atoms with Gasteiger partial charge in [0.2, 0.25) is 11.8 Å². The predicted molar refractivity (Wildman–Crippen MR) is 76.8 cm³/mol. The predicted octanol–water partition coefficient (Wildman–Crippen LogP) is 1.97. The molecule has 1 N–H and O–H groups in total. The van der Waals surface area contributed by atoms with Crippen LogP contribution in [0, 0.1) is 0 Å². The van der Waals surface area contributed by atoms with Crippen molar-refractivity contribution < 1.29 is 14.6 Å². The van der Waals surface area contributed by atoms with Gasteiger partial charge >= 0.3 is 0 Å². The van der Waals surface area contributed by atoms with E-state index in [-0.39, 0.29) is 12.3 Å². The molecule has 0 spiro atoms. The second kappa shape index (κ2) is 5.93. The first-order valence-electron chi connectivity index (χ1n) is 6.84. The largest absolute Gasteiger partial charge is 0.439 e. The smallest absolute Gasteiger partial charge is 0.225 e. The molecule has 1 aromatic carbocycles. The highest BCUT2D eigenvalue weighted by molar-refractivity contribution is 5.78. The average Bonchev–Trinajstić information content (AvgIpc) is 2.80. The number of aromatic nitrogens is 1. The number of hydrogen-bond acceptors (Lipinski definition) is 4. The van der Waals surface area contributed by atoms with Gasteiger partial charge in [-0.25, -0.2) is 4.98 Å². The van der Waals surface area contributed by atoms with Crippen LogP contribution in [0.4, 0.5) is 0 Å². The summed E-state index contributed by atoms with van der Waals surface area (Å²) >= 11 is 0. The fourth-order valence-corrected chi connectivity index (χ4v) is 2.30. The first-order chi connectivity index (χ1) is 10.2. The Bertz CT molecular complexity index is 613. The van der Waals surface area contributed by atoms with E-state index in [1.54, 1.807) is 17.2 Å². The number of pyridine rings is 1. The fraction of sp³-hybridized carbons (Fsp3) is 0.250. The highest BCUT2D eigenvalue weighted by atomic mass is 16.5. The number of ether oxygens (including phenoxy) is 1. The Kier molecular flexibility index (Phi) is 3.83. The van der Waals surface area contributed by atoms with E-state index in [0.717, 1.165) is 11.3 Å². The topological polar surface area (TPSA) is 62.7 Å². The molecular formula is C16H16N2O3. The van der Waals surface area contributed by atoms with Gasteiger partial charge in [-0.15, -0.1) is 0 Å². The van der Waals surface area contributed by atoms with E-state index in [1.807, 2.05) is 36.4 Å². The van der Waals surface area contributed by atoms with Gasteiger partial charge in [0, 0.05) is 25.4 Å². The number of β-amino-alcohol motifs (C(OH)–C–C–N with tert-alkyl or cyclic N) is 1. The SMILES string of the molecule is O=C1C[C@H](O)CN1Cc1ccc(Oc2ccccc2)nc1. The quantitative estimate of drug-likeness (QED) is 0.932. The summed E-state index contributed by atoms with van der Waals surface area (Å²) < 4.78 is 5.61. The van der Waals surface area contributed by atoms with E-state index in [1.165, 1.54) is 0 Å². The highest BCUT2D eigenvalue weighted by Gasteiger charge is 2.27. The zero-order valence-electron chi connectivity index (χ0n) is 11.5. The lowest BCUT2D eigenvalue weighted by Gasteiger charge is -2.15. The van der Waals surface area contributed by atoms with Gasteiger partial charge in [0.05, 0.1) is 12.5 Å². The lowest BCUT2D eigenvalue weighted by Crippen LogP contribution is -2.25. The Balaban J connectivity index is 1.63. The molecule has 3 rings (SSSR count). The minimum absolute atomic E-state index is 0.0212. The van der Waals surface area contributed by atoms with Gasteiger partial charge in [-0.2, -0.15) is 0 Å². The lowest BCUT2D eigenvalue weighted by molar-refractivity contribution is -0.128. The number of carbonyl (C=O) groups is 1. The zero-order valence-corrected chi connectivity index (χ0v) is 11.5. The molecule has 1 amide bonds. The summed E-state index contributed by atoms with van der Waals surface area (Å²) in [5, 5.41) is 9.46. The van der Waals surface area contributed by atoms with Crippen molar-refractivity contribution in [3.05, 3.63) is 54.2 Å². The molecule has 21 heavy (non-hydrogen) atoms. The van der Waals surface area contributed by atoms with Crippen LogP contribution < -0.4 is 4.74 Å². The Hall–Kier alpha value is -2.40. The first kappa shape index (κ1) is 13.6. The number of carbonyl (C=O) groups excluding carboxylic acids is 1. The van der Waals surface area contributed by atoms with Gasteiger partial charge in [-0.1, -0.05) is 24.3 Å². The number of amides is 1. The van der Waals surface area contributed by atoms with E-state index in [0.29, 0.717) is 19.0 Å². The van der Waals surface area contributed by atoms with Crippen LogP contribution in [0.15, 0.2) is 48.7 Å². The molecule has 1 aliphatic rings. The van der Waals surface area contributed by atoms with Gasteiger partial charge in [0.25, 0.3) is 0 Å². The van der Waals surface area contributed by atoms with Crippen molar-refractivity contribution >= 4 is 5.91 Å². The summed E-state index contributed by atoms with van der Waals surface area (Å²) in [5.41, 5.74) is 0.915. The Labute approximate surface area is 122 Å². The molecule has 0 saturated carbocycles. The van der Waals surface area contributed by atoms with Gasteiger partial charge in [-0.3, -0.25) is 4.79 Å². The van der Waals surface area contributed by atoms with Crippen LogP contribution in [0.1, 0.15) is 12.0 Å². The number of aliphatic hydroxyl groups is 1. The molecule has 0 unspecified atom stereocenters. The van der Waals surface area contributed by atoms with Crippen molar-refractivity contribution in [3.63, 3.8) is 0 Å². The number of hydrogen-bond donors (Lipinski definition) is 1. The average molecular weight is 284 g/mol. The van der Waals surface area contributed by atoms with Crippen LogP contribution in [0.3, 0.4) is 0 Å². The van der Waals surface area contributed by atoms with Gasteiger partial charge in [-0.05, 0) is 17.7 Å². The van der Waals surface area contributed by atoms with Crippen LogP contribution >= 0.6 is 0 Å². The number of benzene rings is 1. The Morgan fingerprint density at radius 2 is 2.05 bits per heavy atom. The standard InChI is InChI=1S/C16H16N2O3/c19-13-8-16(20)18(11-13)10-12-6-7-15(17-9-12)21-14-4-2-1-3-5-14/h1-7,9,13,19H,8,10-11H2/t13-/m0/s1. The van der Waals surface area contributed by atoms with E-state index in [9.17, 15) is 9.90 Å². The van der Waals surface area contributed by atoms with E-state index in [4.69, 9.17) is 4.74 Å². The van der Waals surface area contributed by atoms with Crippen LogP contribution in [0.5, 0.6) is 11.6 Å². The minimum atomic E-state index is -0.550. The second-order valence-electron chi connectivity index (χ2n) is 5.05. The third kappa shape index (κ3) is 3.38. The van der Waals surface area contributed by atoms with E-state index in [2.05, 4.69) is 4.98 Å². The van der Waals surface area contributed by atoms with Gasteiger partial charge < -0.3 is 14.7 Å². The molecule has 0 radical (unpaired) electrons. The summed E-state index contributed by atoms with van der Waals surface area (Å²) in [6.45, 7) is 0.857. The lowest BCUT2D eigenvalue weighted by atomic mass is 10.2. The molecule has 0 aliphatic carbocycles. The van der Waals surface area contributed by atoms with Crippen molar-refractivity contribution in [3.8, 4) is 11.6 Å². The Morgan fingerprint density at radius 3 is 2.67 bits per heavy atom. The molecule has 1 atom stereocenters. The number of rotatable bonds is 4. The number of likely N-dealkylation sites (tertiary alicyclic amines) is 1. The zero-order chi connectivity index (χ0) is 14.7. The molecule has 1 saturated heterocycles. The van der Waals surface area contributed by atoms with Crippen molar-refractivity contribution in [2.45, 2.75) is 19.1 Å². The third-order valence-electron chi connectivity index (χ3n) is 3.33. The molecule has 108 valence electrons. The number of para-hydroxylation sites is 1. The molecule has 2 heterocycles. The van der Waals surface area contributed by atoms with Crippen LogP contribution in [0.2, 0.25) is 0 Å². The van der Waals surface area contributed by atoms with Crippen molar-refractivity contribution in [1.82, 2.24) is 9.88 Å². The van der Waals surface area contributed by atoms with E-state index >= 15 is 0 Å². The summed E-state index contributed by atoms with van der Waals surface area (Å²) in [6.07, 6.45) is 1.35. The normalized spacial score (nSPS) is 18.0. The molecule has 1 aromatic heterocycles. The van der Waals surface area contributed by atoms with Crippen molar-refractivity contribution in [2.24, 2.45) is 0 Å². The number of nitrogens with zero attached hydrogens (tertiary/aromatic N) is 2. The molecule has 5 nitrogen and oxygen atoms in total. The van der Waals surface area contributed by atoms with Crippen LogP contribution in [-0.4, -0.2) is 33.5 Å². The molecular weight excluding hydrogens is 268 g/mol. The fourth-order valence-electron chi connectivity index (χ4n) is 2.30. The monoisotopic (exact) mass is 284 g/mol. The molecule has 1 fully saturated rings. The maximum Gasteiger partial charge on any atom is 0.225 e. The second-order valence-corrected chi connectivity index (χ2v) is 5.05.